The number of thiophene rings is 1. The van der Waals surface area contributed by atoms with Crippen LogP contribution in [-0.4, -0.2) is 0 Å². The van der Waals surface area contributed by atoms with E-state index in [1.807, 2.05) is 11.3 Å². The predicted octanol–water partition coefficient (Wildman–Crippen LogP) is 17.7. The Kier molecular flexibility index (Phi) is 10.1. The van der Waals surface area contributed by atoms with E-state index in [0.717, 1.165) is 34.1 Å². The summed E-state index contributed by atoms with van der Waals surface area (Å²) in [6.07, 6.45) is 0. The highest BCUT2D eigenvalue weighted by Gasteiger charge is 2.20. The van der Waals surface area contributed by atoms with Crippen LogP contribution >= 0.6 is 11.3 Å². The largest absolute Gasteiger partial charge is 0.310 e. The van der Waals surface area contributed by atoms with Gasteiger partial charge in [0, 0.05) is 43.9 Å². The minimum atomic E-state index is 1.10. The van der Waals surface area contributed by atoms with Gasteiger partial charge in [0.1, 0.15) is 0 Å². The van der Waals surface area contributed by atoms with Crippen molar-refractivity contribution in [3.05, 3.63) is 255 Å². The monoisotopic (exact) mass is 822 g/mol. The van der Waals surface area contributed by atoms with Crippen LogP contribution in [0.25, 0.3) is 64.7 Å². The molecule has 0 bridgehead atoms. The van der Waals surface area contributed by atoms with E-state index in [1.165, 1.54) is 64.7 Å². The van der Waals surface area contributed by atoms with Gasteiger partial charge in [-0.3, -0.25) is 0 Å². The molecule has 0 fully saturated rings. The van der Waals surface area contributed by atoms with Crippen molar-refractivity contribution < 1.29 is 0 Å². The zero-order chi connectivity index (χ0) is 42.0. The summed E-state index contributed by atoms with van der Waals surface area (Å²) in [4.78, 5) is 4.79. The fraction of sp³-hybridized carbons (Fsp3) is 0. The molecule has 1 heterocycles. The Labute approximate surface area is 372 Å². The van der Waals surface area contributed by atoms with Gasteiger partial charge in [0.25, 0.3) is 0 Å². The van der Waals surface area contributed by atoms with Crippen molar-refractivity contribution in [1.82, 2.24) is 0 Å². The molecule has 0 spiro atoms. The van der Waals surface area contributed by atoms with Crippen LogP contribution in [0, 0.1) is 0 Å². The van der Waals surface area contributed by atoms with Crippen LogP contribution in [0.4, 0.5) is 34.1 Å². The molecule has 0 unspecified atom stereocenters. The van der Waals surface area contributed by atoms with Gasteiger partial charge in [0.15, 0.2) is 0 Å². The van der Waals surface area contributed by atoms with Gasteiger partial charge in [-0.25, -0.2) is 0 Å². The molecule has 0 radical (unpaired) electrons. The molecule has 0 aliphatic carbocycles. The Morgan fingerprint density at radius 3 is 0.952 bits per heavy atom. The van der Waals surface area contributed by atoms with E-state index in [4.69, 9.17) is 0 Å². The van der Waals surface area contributed by atoms with E-state index >= 15 is 0 Å². The van der Waals surface area contributed by atoms with Gasteiger partial charge in [-0.15, -0.1) is 11.3 Å². The van der Waals surface area contributed by atoms with Crippen LogP contribution in [0.5, 0.6) is 0 Å². The molecule has 11 aromatic rings. The van der Waals surface area contributed by atoms with Crippen LogP contribution in [0.3, 0.4) is 0 Å². The molecule has 10 aromatic carbocycles. The second-order valence-electron chi connectivity index (χ2n) is 15.8. The minimum Gasteiger partial charge on any atom is -0.310 e. The van der Waals surface area contributed by atoms with Crippen molar-refractivity contribution in [1.29, 1.82) is 0 Å². The number of hydrogen-bond donors (Lipinski definition) is 0. The lowest BCUT2D eigenvalue weighted by Gasteiger charge is -2.26. The molecular weight excluding hydrogens is 781 g/mol. The fourth-order valence-corrected chi connectivity index (χ4v) is 9.94. The summed E-state index contributed by atoms with van der Waals surface area (Å²) < 4.78 is 2.48. The van der Waals surface area contributed by atoms with Gasteiger partial charge in [-0.2, -0.15) is 0 Å². The molecule has 298 valence electrons. The average Bonchev–Trinajstić information content (AvgIpc) is 3.75. The summed E-state index contributed by atoms with van der Waals surface area (Å²) in [5.41, 5.74) is 16.3. The van der Waals surface area contributed by atoms with E-state index < -0.39 is 0 Å². The smallest absolute Gasteiger partial charge is 0.0640 e. The maximum absolute atomic E-state index is 2.41. The number of rotatable bonds is 10. The Bertz CT molecular complexity index is 3110. The fourth-order valence-electron chi connectivity index (χ4n) is 8.70. The van der Waals surface area contributed by atoms with Gasteiger partial charge in [-0.1, -0.05) is 188 Å². The third-order valence-electron chi connectivity index (χ3n) is 11.9. The lowest BCUT2D eigenvalue weighted by molar-refractivity contribution is 1.29. The predicted molar refractivity (Wildman–Crippen MR) is 270 cm³/mol. The van der Waals surface area contributed by atoms with E-state index in [-0.39, 0.29) is 0 Å². The summed E-state index contributed by atoms with van der Waals surface area (Å²) in [6.45, 7) is 0. The third kappa shape index (κ3) is 7.56. The van der Waals surface area contributed by atoms with Crippen molar-refractivity contribution in [3.8, 4) is 44.5 Å². The number of benzene rings is 10. The standard InChI is InChI=1S/C60H42N2S/c1-5-14-43(15-6-1)47-24-32-51(33-25-47)61(52-34-26-48(27-35-52)44-16-7-2-8-17-44)55-40-41-56-57-22-13-23-58(60(57)63-59(56)42-55)62(53-36-28-49(29-37-53)45-18-9-3-10-19-45)54-38-30-50(31-39-54)46-20-11-4-12-21-46/h1-42H. The molecule has 0 saturated carbocycles. The number of nitrogens with zero attached hydrogens (tertiary/aromatic N) is 2. The molecule has 0 atom stereocenters. The zero-order valence-corrected chi connectivity index (χ0v) is 35.4. The highest BCUT2D eigenvalue weighted by Crippen LogP contribution is 2.47. The molecule has 2 nitrogen and oxygen atoms in total. The number of hydrogen-bond acceptors (Lipinski definition) is 3. The first-order valence-corrected chi connectivity index (χ1v) is 22.2. The lowest BCUT2D eigenvalue weighted by Crippen LogP contribution is -2.10. The summed E-state index contributed by atoms with van der Waals surface area (Å²) >= 11 is 1.86. The molecule has 0 aliphatic rings. The van der Waals surface area contributed by atoms with Crippen molar-refractivity contribution >= 4 is 65.6 Å². The SMILES string of the molecule is c1ccc(-c2ccc(N(c3ccc(-c4ccccc4)cc3)c3ccc4c(c3)sc3c(N(c5ccc(-c6ccccc6)cc5)c5ccc(-c6ccccc6)cc5)cccc34)cc2)cc1. The molecular formula is C60H42N2S. The highest BCUT2D eigenvalue weighted by atomic mass is 32.1. The first kappa shape index (κ1) is 38.0. The summed E-state index contributed by atoms with van der Waals surface area (Å²) in [7, 11) is 0. The van der Waals surface area contributed by atoms with Crippen LogP contribution < -0.4 is 9.80 Å². The van der Waals surface area contributed by atoms with Crippen molar-refractivity contribution in [2.75, 3.05) is 9.80 Å². The maximum Gasteiger partial charge on any atom is 0.0640 e. The van der Waals surface area contributed by atoms with Crippen molar-refractivity contribution in [3.63, 3.8) is 0 Å². The normalized spacial score (nSPS) is 11.2. The molecule has 0 N–H and O–H groups in total. The first-order chi connectivity index (χ1) is 31.2. The van der Waals surface area contributed by atoms with Crippen LogP contribution in [-0.2, 0) is 0 Å². The summed E-state index contributed by atoms with van der Waals surface area (Å²) in [5.74, 6) is 0. The molecule has 63 heavy (non-hydrogen) atoms. The van der Waals surface area contributed by atoms with Gasteiger partial charge in [-0.05, 0) is 111 Å². The van der Waals surface area contributed by atoms with Gasteiger partial charge in [0.2, 0.25) is 0 Å². The van der Waals surface area contributed by atoms with E-state index in [2.05, 4.69) is 265 Å². The van der Waals surface area contributed by atoms with Crippen LogP contribution in [0.15, 0.2) is 255 Å². The van der Waals surface area contributed by atoms with Gasteiger partial charge < -0.3 is 9.80 Å². The summed E-state index contributed by atoms with van der Waals surface area (Å²) in [6, 6.07) is 91.9. The Balaban J connectivity index is 1.02. The van der Waals surface area contributed by atoms with Crippen LogP contribution in [0.2, 0.25) is 0 Å². The van der Waals surface area contributed by atoms with Crippen molar-refractivity contribution in [2.45, 2.75) is 0 Å². The lowest BCUT2D eigenvalue weighted by atomic mass is 10.0. The van der Waals surface area contributed by atoms with Gasteiger partial charge in [0.05, 0.1) is 10.4 Å². The Morgan fingerprint density at radius 1 is 0.238 bits per heavy atom. The topological polar surface area (TPSA) is 6.48 Å². The maximum atomic E-state index is 2.41. The average molecular weight is 823 g/mol. The molecule has 1 aromatic heterocycles. The minimum absolute atomic E-state index is 1.10. The van der Waals surface area contributed by atoms with Crippen LogP contribution in [0.1, 0.15) is 0 Å². The number of fused-ring (bicyclic) bond motifs is 3. The summed E-state index contributed by atoms with van der Waals surface area (Å²) in [5, 5.41) is 2.50. The van der Waals surface area contributed by atoms with Gasteiger partial charge >= 0.3 is 0 Å². The third-order valence-corrected chi connectivity index (χ3v) is 13.1. The second-order valence-corrected chi connectivity index (χ2v) is 16.8. The van der Waals surface area contributed by atoms with E-state index in [1.54, 1.807) is 0 Å². The molecule has 11 rings (SSSR count). The molecule has 0 aliphatic heterocycles. The zero-order valence-electron chi connectivity index (χ0n) is 34.6. The van der Waals surface area contributed by atoms with Crippen molar-refractivity contribution in [2.24, 2.45) is 0 Å². The first-order valence-electron chi connectivity index (χ1n) is 21.4. The second kappa shape index (κ2) is 16.8. The van der Waals surface area contributed by atoms with E-state index in [9.17, 15) is 0 Å². The number of anilines is 6. The Morgan fingerprint density at radius 2 is 0.571 bits per heavy atom. The molecule has 0 amide bonds. The van der Waals surface area contributed by atoms with E-state index in [0.29, 0.717) is 0 Å². The Hall–Kier alpha value is -7.98. The molecule has 0 saturated heterocycles. The molecule has 3 heteroatoms. The highest BCUT2D eigenvalue weighted by molar-refractivity contribution is 7.26. The quantitative estimate of drug-likeness (QED) is 0.136.